The average Bonchev–Trinajstić information content (AvgIpc) is 3.41. The largest absolute Gasteiger partial charge is 0.492 e. The molecule has 0 spiro atoms. The highest BCUT2D eigenvalue weighted by Gasteiger charge is 2.20. The van der Waals surface area contributed by atoms with Gasteiger partial charge in [-0.25, -0.2) is 0 Å². The van der Waals surface area contributed by atoms with Gasteiger partial charge in [0.15, 0.2) is 0 Å². The van der Waals surface area contributed by atoms with E-state index in [4.69, 9.17) is 25.8 Å². The Morgan fingerprint density at radius 3 is 1.88 bits per heavy atom. The van der Waals surface area contributed by atoms with Crippen LogP contribution >= 0.6 is 11.6 Å². The summed E-state index contributed by atoms with van der Waals surface area (Å²) in [5.41, 5.74) is 7.62. The van der Waals surface area contributed by atoms with E-state index in [0.717, 1.165) is 62.6 Å². The topological polar surface area (TPSA) is 35.9 Å². The first-order valence-electron chi connectivity index (χ1n) is 17.3. The Balaban J connectivity index is 1.15. The number of nitrogens with zero attached hydrogens (tertiary/aromatic N) is 2. The molecule has 5 nitrogen and oxygen atoms in total. The highest BCUT2D eigenvalue weighted by atomic mass is 35.5. The predicted octanol–water partition coefficient (Wildman–Crippen LogP) is 10.3. The fraction of sp³-hybridized carbons (Fsp3) is 0.256. The molecule has 0 unspecified atom stereocenters. The van der Waals surface area contributed by atoms with Gasteiger partial charge in [-0.3, -0.25) is 4.90 Å². The van der Waals surface area contributed by atoms with Gasteiger partial charge in [0, 0.05) is 24.0 Å². The van der Waals surface area contributed by atoms with Crippen LogP contribution in [0.15, 0.2) is 121 Å². The molecule has 6 aromatic rings. The summed E-state index contributed by atoms with van der Waals surface area (Å²) in [6.45, 7) is 7.84. The second-order valence-corrected chi connectivity index (χ2v) is 13.2. The van der Waals surface area contributed by atoms with Gasteiger partial charge in [0.1, 0.15) is 37.1 Å². The lowest BCUT2D eigenvalue weighted by Gasteiger charge is -2.26. The van der Waals surface area contributed by atoms with E-state index in [2.05, 4.69) is 89.2 Å². The number of aryl methyl sites for hydroxylation is 1. The Morgan fingerprint density at radius 1 is 0.612 bits per heavy atom. The van der Waals surface area contributed by atoms with Crippen molar-refractivity contribution in [1.82, 2.24) is 9.47 Å². The lowest BCUT2D eigenvalue weighted by molar-refractivity contribution is 0.183. The average molecular weight is 671 g/mol. The number of ether oxygens (including phenoxy) is 3. The Hall–Kier alpha value is -4.71. The molecule has 1 aliphatic rings. The first kappa shape index (κ1) is 32.8. The SMILES string of the molecule is Cc1cc(OCc2ccccc2)ccc1-c1c(Cl)c2cc(OCc3ccccc3)ccc2n1Cc1ccc(OCCN2CCCCC2)cc1. The number of aromatic nitrogens is 1. The van der Waals surface area contributed by atoms with E-state index in [1.807, 2.05) is 48.5 Å². The smallest absolute Gasteiger partial charge is 0.120 e. The lowest BCUT2D eigenvalue weighted by atomic mass is 10.0. The molecule has 1 aromatic heterocycles. The van der Waals surface area contributed by atoms with Gasteiger partial charge >= 0.3 is 0 Å². The second-order valence-electron chi connectivity index (χ2n) is 12.8. The van der Waals surface area contributed by atoms with Crippen molar-refractivity contribution in [2.75, 3.05) is 26.2 Å². The number of likely N-dealkylation sites (tertiary alicyclic amines) is 1. The van der Waals surface area contributed by atoms with E-state index >= 15 is 0 Å². The number of benzene rings is 5. The number of hydrogen-bond donors (Lipinski definition) is 0. The van der Waals surface area contributed by atoms with Crippen LogP contribution in [0.4, 0.5) is 0 Å². The van der Waals surface area contributed by atoms with Crippen LogP contribution in [0, 0.1) is 6.92 Å². The van der Waals surface area contributed by atoms with Crippen LogP contribution in [-0.2, 0) is 19.8 Å². The molecule has 0 aliphatic carbocycles. The molecule has 0 amide bonds. The number of halogens is 1. The van der Waals surface area contributed by atoms with E-state index in [0.29, 0.717) is 31.4 Å². The zero-order valence-electron chi connectivity index (χ0n) is 28.1. The van der Waals surface area contributed by atoms with Crippen molar-refractivity contribution in [3.05, 3.63) is 149 Å². The van der Waals surface area contributed by atoms with Crippen molar-refractivity contribution < 1.29 is 14.2 Å². The van der Waals surface area contributed by atoms with E-state index < -0.39 is 0 Å². The van der Waals surface area contributed by atoms with Crippen molar-refractivity contribution in [1.29, 1.82) is 0 Å². The molecule has 0 atom stereocenters. The minimum atomic E-state index is 0.494. The molecule has 0 bridgehead atoms. The molecule has 2 heterocycles. The molecule has 0 N–H and O–H groups in total. The van der Waals surface area contributed by atoms with Crippen LogP contribution in [-0.4, -0.2) is 35.7 Å². The molecule has 1 fully saturated rings. The highest BCUT2D eigenvalue weighted by molar-refractivity contribution is 6.38. The van der Waals surface area contributed by atoms with Crippen LogP contribution in [0.5, 0.6) is 17.2 Å². The molecule has 6 heteroatoms. The van der Waals surface area contributed by atoms with Crippen LogP contribution in [0.2, 0.25) is 5.02 Å². The van der Waals surface area contributed by atoms with E-state index in [-0.39, 0.29) is 0 Å². The third-order valence-electron chi connectivity index (χ3n) is 9.31. The Bertz CT molecular complexity index is 1970. The molecule has 250 valence electrons. The number of piperidine rings is 1. The monoisotopic (exact) mass is 670 g/mol. The third kappa shape index (κ3) is 8.13. The Labute approximate surface area is 294 Å². The van der Waals surface area contributed by atoms with E-state index in [9.17, 15) is 0 Å². The molecule has 1 saturated heterocycles. The van der Waals surface area contributed by atoms with Crippen molar-refractivity contribution in [3.63, 3.8) is 0 Å². The van der Waals surface area contributed by atoms with E-state index in [1.54, 1.807) is 0 Å². The number of fused-ring (bicyclic) bond motifs is 1. The summed E-state index contributed by atoms with van der Waals surface area (Å²) in [5.74, 6) is 2.52. The molecule has 0 saturated carbocycles. The normalized spacial score (nSPS) is 13.4. The van der Waals surface area contributed by atoms with Crippen LogP contribution in [0.3, 0.4) is 0 Å². The standard InChI is InChI=1S/C43H43ClN2O3/c1-32-27-37(48-30-34-11-5-2-6-12-34)19-21-39(32)43-42(44)40-28-38(49-31-35-13-7-3-8-14-35)20-22-41(40)46(43)29-33-15-17-36(18-16-33)47-26-25-45-23-9-4-10-24-45/h2-3,5-8,11-22,27-28H,4,9-10,23-26,29-31H2,1H3. The fourth-order valence-corrected chi connectivity index (χ4v) is 6.99. The molecule has 1 aliphatic heterocycles. The maximum Gasteiger partial charge on any atom is 0.120 e. The third-order valence-corrected chi connectivity index (χ3v) is 9.69. The quantitative estimate of drug-likeness (QED) is 0.123. The van der Waals surface area contributed by atoms with Gasteiger partial charge < -0.3 is 18.8 Å². The van der Waals surface area contributed by atoms with Crippen LogP contribution in [0.25, 0.3) is 22.2 Å². The molecular formula is C43H43ClN2O3. The van der Waals surface area contributed by atoms with Gasteiger partial charge in [0.05, 0.1) is 16.2 Å². The Kier molecular flexibility index (Phi) is 10.5. The Morgan fingerprint density at radius 2 is 1.22 bits per heavy atom. The first-order valence-corrected chi connectivity index (χ1v) is 17.7. The summed E-state index contributed by atoms with van der Waals surface area (Å²) < 4.78 is 20.8. The van der Waals surface area contributed by atoms with E-state index in [1.165, 1.54) is 37.9 Å². The summed E-state index contributed by atoms with van der Waals surface area (Å²) in [6, 6.07) is 41.4. The summed E-state index contributed by atoms with van der Waals surface area (Å²) in [6.07, 6.45) is 3.94. The minimum Gasteiger partial charge on any atom is -0.492 e. The summed E-state index contributed by atoms with van der Waals surface area (Å²) in [5, 5.41) is 1.67. The van der Waals surface area contributed by atoms with Crippen molar-refractivity contribution in [3.8, 4) is 28.5 Å². The van der Waals surface area contributed by atoms with Gasteiger partial charge in [0.25, 0.3) is 0 Å². The second kappa shape index (κ2) is 15.7. The maximum atomic E-state index is 7.32. The minimum absolute atomic E-state index is 0.494. The highest BCUT2D eigenvalue weighted by Crippen LogP contribution is 2.41. The van der Waals surface area contributed by atoms with Gasteiger partial charge in [-0.2, -0.15) is 0 Å². The molecule has 0 radical (unpaired) electrons. The summed E-state index contributed by atoms with van der Waals surface area (Å²) in [4.78, 5) is 2.50. The van der Waals surface area contributed by atoms with Gasteiger partial charge in [-0.15, -0.1) is 0 Å². The molecular weight excluding hydrogens is 628 g/mol. The number of rotatable bonds is 13. The van der Waals surface area contributed by atoms with Crippen molar-refractivity contribution >= 4 is 22.5 Å². The lowest BCUT2D eigenvalue weighted by Crippen LogP contribution is -2.33. The van der Waals surface area contributed by atoms with Gasteiger partial charge in [-0.05, 0) is 104 Å². The van der Waals surface area contributed by atoms with Crippen LogP contribution in [0.1, 0.15) is 41.5 Å². The molecule has 5 aromatic carbocycles. The zero-order chi connectivity index (χ0) is 33.4. The van der Waals surface area contributed by atoms with Crippen LogP contribution < -0.4 is 14.2 Å². The van der Waals surface area contributed by atoms with Gasteiger partial charge in [-0.1, -0.05) is 90.8 Å². The molecule has 7 rings (SSSR count). The summed E-state index contributed by atoms with van der Waals surface area (Å²) >= 11 is 7.32. The maximum absolute atomic E-state index is 7.32. The molecule has 49 heavy (non-hydrogen) atoms. The fourth-order valence-electron chi connectivity index (χ4n) is 6.63. The number of hydrogen-bond acceptors (Lipinski definition) is 4. The predicted molar refractivity (Wildman–Crippen MR) is 200 cm³/mol. The van der Waals surface area contributed by atoms with Crippen molar-refractivity contribution in [2.45, 2.75) is 45.9 Å². The van der Waals surface area contributed by atoms with Crippen molar-refractivity contribution in [2.24, 2.45) is 0 Å². The summed E-state index contributed by atoms with van der Waals surface area (Å²) in [7, 11) is 0. The van der Waals surface area contributed by atoms with Gasteiger partial charge in [0.2, 0.25) is 0 Å². The zero-order valence-corrected chi connectivity index (χ0v) is 28.9. The first-order chi connectivity index (χ1) is 24.1.